The van der Waals surface area contributed by atoms with Gasteiger partial charge in [0.2, 0.25) is 0 Å². The molecule has 0 aromatic heterocycles. The SMILES string of the molecule is CCCCOc1cc(C(F)(F)C(NSc2ccc(OCC3CCCCC3)cc2)C(=O)N=C2CCC(C)CC(N)C2)ccc1Cl. The van der Waals surface area contributed by atoms with E-state index in [-0.39, 0.29) is 22.4 Å². The van der Waals surface area contributed by atoms with E-state index in [1.54, 1.807) is 12.1 Å². The van der Waals surface area contributed by atoms with Crippen LogP contribution < -0.4 is 19.9 Å². The van der Waals surface area contributed by atoms with Gasteiger partial charge in [0, 0.05) is 28.6 Å². The summed E-state index contributed by atoms with van der Waals surface area (Å²) in [5, 5.41) is 0.235. The number of halogens is 3. The Bertz CT molecular complexity index is 1240. The van der Waals surface area contributed by atoms with Gasteiger partial charge in [0.05, 0.1) is 18.2 Å². The third-order valence-corrected chi connectivity index (χ3v) is 9.58. The number of carbonyl (C=O) groups is 1. The molecule has 2 aliphatic rings. The van der Waals surface area contributed by atoms with Crippen LogP contribution in [0.25, 0.3) is 0 Å². The van der Waals surface area contributed by atoms with Gasteiger partial charge in [0.1, 0.15) is 11.5 Å². The van der Waals surface area contributed by atoms with Gasteiger partial charge in [-0.25, -0.2) is 9.71 Å². The van der Waals surface area contributed by atoms with Crippen LogP contribution >= 0.6 is 23.5 Å². The molecule has 3 atom stereocenters. The number of nitrogens with zero attached hydrogens (tertiary/aromatic N) is 1. The fraction of sp³-hybridized carbons (Fsp3) is 0.588. The average Bonchev–Trinajstić information content (AvgIpc) is 3.16. The number of rotatable bonds is 13. The molecule has 0 bridgehead atoms. The van der Waals surface area contributed by atoms with E-state index >= 15 is 8.78 Å². The average molecular weight is 650 g/mol. The quantitative estimate of drug-likeness (QED) is 0.128. The highest BCUT2D eigenvalue weighted by Crippen LogP contribution is 2.38. The highest BCUT2D eigenvalue weighted by Gasteiger charge is 2.47. The van der Waals surface area contributed by atoms with Crippen LogP contribution in [0.5, 0.6) is 11.5 Å². The number of ether oxygens (including phenoxy) is 2. The van der Waals surface area contributed by atoms with Crippen molar-refractivity contribution >= 4 is 35.2 Å². The first-order valence-corrected chi connectivity index (χ1v) is 17.2. The Hall–Kier alpha value is -2.20. The number of hydrogen-bond acceptors (Lipinski definition) is 6. The van der Waals surface area contributed by atoms with Crippen molar-refractivity contribution in [1.29, 1.82) is 0 Å². The van der Waals surface area contributed by atoms with Gasteiger partial charge in [-0.2, -0.15) is 8.78 Å². The Balaban J connectivity index is 1.52. The largest absolute Gasteiger partial charge is 0.493 e. The number of hydrogen-bond donors (Lipinski definition) is 2. The van der Waals surface area contributed by atoms with Crippen molar-refractivity contribution < 1.29 is 23.0 Å². The number of unbranched alkanes of at least 4 members (excludes halogenated alkanes) is 1. The van der Waals surface area contributed by atoms with Crippen LogP contribution in [0.3, 0.4) is 0 Å². The summed E-state index contributed by atoms with van der Waals surface area (Å²) in [6.07, 6.45) is 10.4. The molecule has 1 amide bonds. The van der Waals surface area contributed by atoms with Crippen molar-refractivity contribution in [2.45, 2.75) is 107 Å². The van der Waals surface area contributed by atoms with Crippen molar-refractivity contribution in [2.24, 2.45) is 22.6 Å². The van der Waals surface area contributed by atoms with E-state index in [0.29, 0.717) is 48.5 Å². The van der Waals surface area contributed by atoms with Crippen molar-refractivity contribution in [2.75, 3.05) is 13.2 Å². The van der Waals surface area contributed by atoms with Gasteiger partial charge < -0.3 is 15.2 Å². The van der Waals surface area contributed by atoms with E-state index in [1.807, 2.05) is 19.1 Å². The number of carbonyl (C=O) groups excluding carboxylic acids is 1. The molecule has 2 aromatic rings. The predicted molar refractivity (Wildman–Crippen MR) is 175 cm³/mol. The van der Waals surface area contributed by atoms with Crippen molar-refractivity contribution in [1.82, 2.24) is 4.72 Å². The van der Waals surface area contributed by atoms with Gasteiger partial charge in [-0.15, -0.1) is 0 Å². The minimum atomic E-state index is -3.62. The minimum Gasteiger partial charge on any atom is -0.493 e. The molecule has 10 heteroatoms. The van der Waals surface area contributed by atoms with Crippen LogP contribution in [0, 0.1) is 11.8 Å². The van der Waals surface area contributed by atoms with Gasteiger partial charge in [0.15, 0.2) is 6.04 Å². The van der Waals surface area contributed by atoms with Gasteiger partial charge in [-0.05, 0) is 98.7 Å². The Morgan fingerprint density at radius 2 is 1.89 bits per heavy atom. The first-order chi connectivity index (χ1) is 21.2. The van der Waals surface area contributed by atoms with Crippen molar-refractivity contribution in [3.63, 3.8) is 0 Å². The summed E-state index contributed by atoms with van der Waals surface area (Å²) in [5.74, 6) is -2.70. The maximum Gasteiger partial charge on any atom is 0.298 e. The Kier molecular flexibility index (Phi) is 13.3. The third-order valence-electron chi connectivity index (χ3n) is 8.41. The second-order valence-electron chi connectivity index (χ2n) is 12.3. The van der Waals surface area contributed by atoms with Crippen molar-refractivity contribution in [3.8, 4) is 11.5 Å². The predicted octanol–water partition coefficient (Wildman–Crippen LogP) is 8.74. The minimum absolute atomic E-state index is 0.154. The molecule has 2 aliphatic carbocycles. The number of benzene rings is 2. The lowest BCUT2D eigenvalue weighted by atomic mass is 9.90. The highest BCUT2D eigenvalue weighted by molar-refractivity contribution is 7.97. The van der Waals surface area contributed by atoms with Crippen LogP contribution in [-0.2, 0) is 10.7 Å². The summed E-state index contributed by atoms with van der Waals surface area (Å²) in [5.41, 5.74) is 6.43. The van der Waals surface area contributed by atoms with E-state index in [0.717, 1.165) is 43.4 Å². The molecule has 2 aromatic carbocycles. The zero-order valence-corrected chi connectivity index (χ0v) is 27.4. The molecule has 4 rings (SSSR count). The summed E-state index contributed by atoms with van der Waals surface area (Å²) in [6.45, 7) is 5.15. The topological polar surface area (TPSA) is 85.9 Å². The zero-order chi connectivity index (χ0) is 31.5. The molecule has 0 saturated heterocycles. The molecule has 2 fully saturated rings. The maximum absolute atomic E-state index is 16.3. The number of nitrogens with one attached hydrogen (secondary N) is 1. The van der Waals surface area contributed by atoms with Crippen LogP contribution in [0.15, 0.2) is 52.4 Å². The molecule has 6 nitrogen and oxygen atoms in total. The summed E-state index contributed by atoms with van der Waals surface area (Å²) < 4.78 is 47.0. The number of amides is 1. The Labute approximate surface area is 270 Å². The lowest BCUT2D eigenvalue weighted by Gasteiger charge is -2.26. The normalized spacial score (nSPS) is 21.5. The standard InChI is InChI=1S/C34H46ClF2N3O3S/c1-3-4-18-42-31-20-25(11-17-30(31)35)34(36,37)32(33(41)39-27-12-10-23(2)19-26(38)21-27)40-44-29-15-13-28(14-16-29)43-22-24-8-6-5-7-9-24/h11,13-17,20,23-24,26,32,40H,3-10,12,18-19,21-22,38H2,1-2H3. The lowest BCUT2D eigenvalue weighted by Crippen LogP contribution is -2.46. The summed E-state index contributed by atoms with van der Waals surface area (Å²) >= 11 is 7.22. The fourth-order valence-electron chi connectivity index (χ4n) is 5.75. The molecule has 3 unspecified atom stereocenters. The van der Waals surface area contributed by atoms with E-state index in [1.165, 1.54) is 50.3 Å². The number of nitrogens with two attached hydrogens (primary N) is 1. The van der Waals surface area contributed by atoms with Gasteiger partial charge in [-0.1, -0.05) is 57.2 Å². The van der Waals surface area contributed by atoms with Crippen molar-refractivity contribution in [3.05, 3.63) is 53.1 Å². The van der Waals surface area contributed by atoms with E-state index in [9.17, 15) is 4.79 Å². The van der Waals surface area contributed by atoms with E-state index < -0.39 is 17.9 Å². The molecular formula is C34H46ClF2N3O3S. The van der Waals surface area contributed by atoms with E-state index in [4.69, 9.17) is 26.8 Å². The molecular weight excluding hydrogens is 604 g/mol. The second kappa shape index (κ2) is 16.9. The molecule has 2 saturated carbocycles. The first-order valence-electron chi connectivity index (χ1n) is 16.0. The molecule has 0 aliphatic heterocycles. The molecule has 0 radical (unpaired) electrons. The van der Waals surface area contributed by atoms with E-state index in [2.05, 4.69) is 16.6 Å². The second-order valence-corrected chi connectivity index (χ2v) is 13.6. The fourth-order valence-corrected chi connectivity index (χ4v) is 6.70. The third kappa shape index (κ3) is 10.2. The zero-order valence-electron chi connectivity index (χ0n) is 25.8. The molecule has 44 heavy (non-hydrogen) atoms. The summed E-state index contributed by atoms with van der Waals surface area (Å²) in [6, 6.07) is 8.99. The van der Waals surface area contributed by atoms with Crippen LogP contribution in [0.1, 0.15) is 90.0 Å². The van der Waals surface area contributed by atoms with Gasteiger partial charge in [-0.3, -0.25) is 4.79 Å². The van der Waals surface area contributed by atoms with Gasteiger partial charge in [0.25, 0.3) is 11.8 Å². The van der Waals surface area contributed by atoms with Crippen LogP contribution in [-0.4, -0.2) is 36.9 Å². The monoisotopic (exact) mass is 649 g/mol. The highest BCUT2D eigenvalue weighted by atomic mass is 35.5. The first kappa shape index (κ1) is 34.7. The van der Waals surface area contributed by atoms with Crippen LogP contribution in [0.2, 0.25) is 5.02 Å². The number of alkyl halides is 2. The summed E-state index contributed by atoms with van der Waals surface area (Å²) in [4.78, 5) is 18.4. The molecule has 3 N–H and O–H groups in total. The Morgan fingerprint density at radius 1 is 1.14 bits per heavy atom. The van der Waals surface area contributed by atoms with Crippen LogP contribution in [0.4, 0.5) is 8.78 Å². The lowest BCUT2D eigenvalue weighted by molar-refractivity contribution is -0.130. The maximum atomic E-state index is 16.3. The molecule has 242 valence electrons. The summed E-state index contributed by atoms with van der Waals surface area (Å²) in [7, 11) is 0. The molecule has 0 spiro atoms. The smallest absolute Gasteiger partial charge is 0.298 e. The Morgan fingerprint density at radius 3 is 2.61 bits per heavy atom. The van der Waals surface area contributed by atoms with Gasteiger partial charge >= 0.3 is 0 Å². The molecule has 0 heterocycles. The number of aliphatic imine (C=N–C) groups is 1.